The lowest BCUT2D eigenvalue weighted by atomic mass is 10.1. The van der Waals surface area contributed by atoms with Crippen molar-refractivity contribution in [1.29, 1.82) is 0 Å². The predicted molar refractivity (Wildman–Crippen MR) is 52.3 cm³/mol. The summed E-state index contributed by atoms with van der Waals surface area (Å²) in [7, 11) is 2.01. The number of carbonyl (C=O) groups excluding carboxylic acids is 1. The topological polar surface area (TPSA) is 20.3 Å². The normalized spacial score (nSPS) is 23.2. The molecule has 1 aliphatic heterocycles. The molecule has 0 aromatic heterocycles. The van der Waals surface area contributed by atoms with Gasteiger partial charge < -0.3 is 0 Å². The van der Waals surface area contributed by atoms with Crippen molar-refractivity contribution in [2.45, 2.75) is 46.1 Å². The first kappa shape index (κ1) is 11.6. The average molecular weight is 171 g/mol. The lowest BCUT2D eigenvalue weighted by Gasteiger charge is -2.14. The third kappa shape index (κ3) is 3.86. The van der Waals surface area contributed by atoms with Gasteiger partial charge >= 0.3 is 0 Å². The van der Waals surface area contributed by atoms with E-state index in [1.54, 1.807) is 6.92 Å². The highest BCUT2D eigenvalue weighted by Gasteiger charge is 2.23. The van der Waals surface area contributed by atoms with E-state index in [9.17, 15) is 4.79 Å². The maximum Gasteiger partial charge on any atom is 0.146 e. The molecule has 2 nitrogen and oxygen atoms in total. The number of Topliss-reactive ketones (excluding diaryl/α,β-unsaturated/α-hetero) is 1. The van der Waals surface area contributed by atoms with Gasteiger partial charge in [-0.25, -0.2) is 0 Å². The van der Waals surface area contributed by atoms with Gasteiger partial charge in [0.15, 0.2) is 0 Å². The van der Waals surface area contributed by atoms with E-state index in [1.165, 1.54) is 12.8 Å². The third-order valence-corrected chi connectivity index (χ3v) is 1.99. The van der Waals surface area contributed by atoms with E-state index in [-0.39, 0.29) is 6.04 Å². The van der Waals surface area contributed by atoms with Crippen LogP contribution in [0.1, 0.15) is 40.0 Å². The average Bonchev–Trinajstić information content (AvgIpc) is 2.36. The molecule has 72 valence electrons. The number of ketones is 1. The van der Waals surface area contributed by atoms with Crippen molar-refractivity contribution in [3.8, 4) is 0 Å². The van der Waals surface area contributed by atoms with Gasteiger partial charge in [-0.2, -0.15) is 0 Å². The summed E-state index contributed by atoms with van der Waals surface area (Å²) in [5, 5.41) is 0. The number of nitrogens with zero attached hydrogens (tertiary/aromatic N) is 1. The molecule has 1 fully saturated rings. The minimum Gasteiger partial charge on any atom is -0.298 e. The van der Waals surface area contributed by atoms with Crippen LogP contribution in [0.5, 0.6) is 0 Å². The van der Waals surface area contributed by atoms with E-state index < -0.39 is 0 Å². The first-order valence-corrected chi connectivity index (χ1v) is 4.84. The second-order valence-electron chi connectivity index (χ2n) is 3.46. The van der Waals surface area contributed by atoms with Gasteiger partial charge in [0, 0.05) is 0 Å². The summed E-state index contributed by atoms with van der Waals surface area (Å²) in [6.07, 6.45) is 3.49. The van der Waals surface area contributed by atoms with Crippen molar-refractivity contribution in [3.05, 3.63) is 0 Å². The summed E-state index contributed by atoms with van der Waals surface area (Å²) in [6.45, 7) is 7.01. The largest absolute Gasteiger partial charge is 0.298 e. The Morgan fingerprint density at radius 1 is 1.50 bits per heavy atom. The van der Waals surface area contributed by atoms with Crippen LogP contribution >= 0.6 is 0 Å². The highest BCUT2D eigenvalue weighted by Crippen LogP contribution is 2.14. The lowest BCUT2D eigenvalue weighted by Crippen LogP contribution is -2.30. The molecule has 0 aromatic rings. The molecule has 0 spiro atoms. The van der Waals surface area contributed by atoms with Crippen LogP contribution in [0.25, 0.3) is 0 Å². The predicted octanol–water partition coefficient (Wildman–Crippen LogP) is 2.09. The molecule has 12 heavy (non-hydrogen) atoms. The molecule has 0 unspecified atom stereocenters. The summed E-state index contributed by atoms with van der Waals surface area (Å²) in [4.78, 5) is 12.9. The van der Waals surface area contributed by atoms with Gasteiger partial charge in [0.25, 0.3) is 0 Å². The van der Waals surface area contributed by atoms with Gasteiger partial charge in [0.05, 0.1) is 6.04 Å². The maximum atomic E-state index is 10.8. The van der Waals surface area contributed by atoms with E-state index in [0.717, 1.165) is 13.0 Å². The van der Waals surface area contributed by atoms with E-state index in [0.29, 0.717) is 5.78 Å². The Labute approximate surface area is 75.9 Å². The Morgan fingerprint density at radius 2 is 2.00 bits per heavy atom. The standard InChI is InChI=1S/C7H13NO.C3H8/c1-6(9)7-4-3-5-8(7)2;1-3-2/h7H,3-5H2,1-2H3;3H2,1-2H3/t7-;/m0./s1. The molecule has 1 saturated heterocycles. The molecule has 1 atom stereocenters. The summed E-state index contributed by atoms with van der Waals surface area (Å²) >= 11 is 0. The highest BCUT2D eigenvalue weighted by atomic mass is 16.1. The number of likely N-dealkylation sites (N-methyl/N-ethyl adjacent to an activating group) is 1. The monoisotopic (exact) mass is 171 g/mol. The highest BCUT2D eigenvalue weighted by molar-refractivity contribution is 5.81. The molecule has 0 aromatic carbocycles. The van der Waals surface area contributed by atoms with E-state index >= 15 is 0 Å². The molecule has 1 rings (SSSR count). The fraction of sp³-hybridized carbons (Fsp3) is 0.900. The van der Waals surface area contributed by atoms with E-state index in [1.807, 2.05) is 7.05 Å². The van der Waals surface area contributed by atoms with Crippen LogP contribution in [0.4, 0.5) is 0 Å². The van der Waals surface area contributed by atoms with Crippen LogP contribution in [-0.2, 0) is 4.79 Å². The third-order valence-electron chi connectivity index (χ3n) is 1.99. The smallest absolute Gasteiger partial charge is 0.146 e. The fourth-order valence-corrected chi connectivity index (χ4v) is 1.42. The fourth-order valence-electron chi connectivity index (χ4n) is 1.42. The van der Waals surface area contributed by atoms with Crippen LogP contribution in [0, 0.1) is 0 Å². The Balaban J connectivity index is 0.000000354. The zero-order chi connectivity index (χ0) is 9.56. The van der Waals surface area contributed by atoms with Crippen molar-refractivity contribution in [2.75, 3.05) is 13.6 Å². The van der Waals surface area contributed by atoms with Gasteiger partial charge in [-0.05, 0) is 33.4 Å². The number of carbonyl (C=O) groups is 1. The molecule has 0 N–H and O–H groups in total. The molecular weight excluding hydrogens is 150 g/mol. The summed E-state index contributed by atoms with van der Waals surface area (Å²) in [6, 6.07) is 0.227. The van der Waals surface area contributed by atoms with Crippen LogP contribution in [0.3, 0.4) is 0 Å². The first-order valence-electron chi connectivity index (χ1n) is 4.84. The SMILES string of the molecule is CC(=O)[C@@H]1CCCN1C.CCC. The van der Waals surface area contributed by atoms with Crippen LogP contribution in [0.2, 0.25) is 0 Å². The van der Waals surface area contributed by atoms with Crippen LogP contribution in [0.15, 0.2) is 0 Å². The van der Waals surface area contributed by atoms with E-state index in [2.05, 4.69) is 18.7 Å². The zero-order valence-electron chi connectivity index (χ0n) is 8.76. The van der Waals surface area contributed by atoms with Crippen LogP contribution in [-0.4, -0.2) is 30.3 Å². The van der Waals surface area contributed by atoms with Gasteiger partial charge in [-0.1, -0.05) is 20.3 Å². The molecule has 0 amide bonds. The Hall–Kier alpha value is -0.370. The summed E-state index contributed by atoms with van der Waals surface area (Å²) < 4.78 is 0. The van der Waals surface area contributed by atoms with E-state index in [4.69, 9.17) is 0 Å². The van der Waals surface area contributed by atoms with Gasteiger partial charge in [-0.3, -0.25) is 9.69 Å². The zero-order valence-corrected chi connectivity index (χ0v) is 8.76. The number of rotatable bonds is 1. The number of hydrogen-bond donors (Lipinski definition) is 0. The molecule has 0 bridgehead atoms. The van der Waals surface area contributed by atoms with Crippen LogP contribution < -0.4 is 0 Å². The summed E-state index contributed by atoms with van der Waals surface area (Å²) in [5.74, 6) is 0.315. The number of likely N-dealkylation sites (tertiary alicyclic amines) is 1. The van der Waals surface area contributed by atoms with Crippen molar-refractivity contribution in [1.82, 2.24) is 4.90 Å². The molecule has 0 radical (unpaired) electrons. The molecule has 2 heteroatoms. The minimum absolute atomic E-state index is 0.227. The Morgan fingerprint density at radius 3 is 2.17 bits per heavy atom. The van der Waals surface area contributed by atoms with Gasteiger partial charge in [-0.15, -0.1) is 0 Å². The molecule has 0 aliphatic carbocycles. The van der Waals surface area contributed by atoms with Crippen molar-refractivity contribution >= 4 is 5.78 Å². The quantitative estimate of drug-likeness (QED) is 0.602. The Bertz CT molecular complexity index is 134. The maximum absolute atomic E-state index is 10.8. The van der Waals surface area contributed by atoms with Gasteiger partial charge in [0.1, 0.15) is 5.78 Å². The molecule has 1 aliphatic rings. The van der Waals surface area contributed by atoms with Crippen molar-refractivity contribution in [2.24, 2.45) is 0 Å². The lowest BCUT2D eigenvalue weighted by molar-refractivity contribution is -0.120. The van der Waals surface area contributed by atoms with Gasteiger partial charge in [0.2, 0.25) is 0 Å². The second kappa shape index (κ2) is 6.18. The minimum atomic E-state index is 0.227. The first-order chi connectivity index (χ1) is 5.63. The Kier molecular flexibility index (Phi) is 5.99. The molecule has 1 heterocycles. The van der Waals surface area contributed by atoms with Crippen molar-refractivity contribution in [3.63, 3.8) is 0 Å². The summed E-state index contributed by atoms with van der Waals surface area (Å²) in [5.41, 5.74) is 0. The molecular formula is C10H21NO. The number of hydrogen-bond acceptors (Lipinski definition) is 2. The van der Waals surface area contributed by atoms with Crippen molar-refractivity contribution < 1.29 is 4.79 Å². The second-order valence-corrected chi connectivity index (χ2v) is 3.46. The molecule has 0 saturated carbocycles.